The van der Waals surface area contributed by atoms with Crippen LogP contribution in [0.25, 0.3) is 17.4 Å². The highest BCUT2D eigenvalue weighted by atomic mass is 35.5. The monoisotopic (exact) mass is 396 g/mol. The number of amides is 1. The Bertz CT molecular complexity index is 1010. The van der Waals surface area contributed by atoms with Crippen molar-refractivity contribution in [2.24, 2.45) is 0 Å². The van der Waals surface area contributed by atoms with E-state index < -0.39 is 5.91 Å². The Kier molecular flexibility index (Phi) is 5.97. The number of benzene rings is 2. The molecular weight excluding hydrogens is 383 g/mol. The van der Waals surface area contributed by atoms with Gasteiger partial charge in [-0.1, -0.05) is 59.6 Å². The molecule has 1 N–H and O–H groups in total. The van der Waals surface area contributed by atoms with Crippen LogP contribution in [0.3, 0.4) is 0 Å². The van der Waals surface area contributed by atoms with Gasteiger partial charge in [-0.25, -0.2) is 0 Å². The topological polar surface area (TPSA) is 66.0 Å². The molecule has 134 valence electrons. The van der Waals surface area contributed by atoms with Crippen molar-refractivity contribution in [1.29, 1.82) is 5.26 Å². The summed E-state index contributed by atoms with van der Waals surface area (Å²) < 4.78 is 5.70. The molecule has 0 aliphatic carbocycles. The van der Waals surface area contributed by atoms with Gasteiger partial charge in [-0.15, -0.1) is 0 Å². The molecule has 3 aromatic rings. The van der Waals surface area contributed by atoms with Crippen LogP contribution in [0, 0.1) is 11.3 Å². The summed E-state index contributed by atoms with van der Waals surface area (Å²) >= 11 is 12.4. The number of halogens is 2. The average molecular weight is 397 g/mol. The molecule has 0 aliphatic heterocycles. The molecule has 1 aromatic heterocycles. The minimum Gasteiger partial charge on any atom is -0.457 e. The van der Waals surface area contributed by atoms with Crippen molar-refractivity contribution in [3.8, 4) is 17.4 Å². The van der Waals surface area contributed by atoms with E-state index in [2.05, 4.69) is 5.32 Å². The molecule has 0 saturated carbocycles. The van der Waals surface area contributed by atoms with Gasteiger partial charge in [0, 0.05) is 12.6 Å². The minimum absolute atomic E-state index is 0.0583. The highest BCUT2D eigenvalue weighted by Crippen LogP contribution is 2.35. The number of furan rings is 1. The maximum Gasteiger partial charge on any atom is 0.262 e. The number of nitriles is 1. The number of nitrogens with one attached hydrogen (secondary N) is 1. The molecule has 27 heavy (non-hydrogen) atoms. The first-order valence-electron chi connectivity index (χ1n) is 8.06. The number of rotatable bonds is 5. The number of carbonyl (C=O) groups excluding carboxylic acids is 1. The summed E-state index contributed by atoms with van der Waals surface area (Å²) in [5.74, 6) is 0.335. The molecular formula is C21H14Cl2N2O2. The molecule has 0 spiro atoms. The molecule has 4 nitrogen and oxygen atoms in total. The van der Waals surface area contributed by atoms with Gasteiger partial charge in [0.1, 0.15) is 23.2 Å². The fraction of sp³-hybridized carbons (Fsp3) is 0.0476. The van der Waals surface area contributed by atoms with Crippen molar-refractivity contribution in [2.75, 3.05) is 0 Å². The normalized spacial score (nSPS) is 11.1. The zero-order valence-corrected chi connectivity index (χ0v) is 15.6. The van der Waals surface area contributed by atoms with Crippen LogP contribution in [-0.4, -0.2) is 5.91 Å². The second kappa shape index (κ2) is 8.59. The summed E-state index contributed by atoms with van der Waals surface area (Å²) in [6.45, 7) is 0.331. The molecule has 0 bridgehead atoms. The van der Waals surface area contributed by atoms with Gasteiger partial charge in [-0.05, 0) is 29.8 Å². The standard InChI is InChI=1S/C21H14Cl2N2O2/c22-17-7-4-8-18(23)20(17)19-10-9-16(27-19)11-15(12-24)21(26)25-13-14-5-2-1-3-6-14/h1-11H,13H2,(H,25,26). The summed E-state index contributed by atoms with van der Waals surface area (Å²) in [7, 11) is 0. The van der Waals surface area contributed by atoms with Crippen LogP contribution in [0.2, 0.25) is 10.0 Å². The molecule has 1 amide bonds. The van der Waals surface area contributed by atoms with Crippen LogP contribution < -0.4 is 5.32 Å². The van der Waals surface area contributed by atoms with Crippen molar-refractivity contribution in [3.63, 3.8) is 0 Å². The zero-order chi connectivity index (χ0) is 19.2. The van der Waals surface area contributed by atoms with Gasteiger partial charge in [0.05, 0.1) is 15.6 Å². The molecule has 2 aromatic carbocycles. The highest BCUT2D eigenvalue weighted by molar-refractivity contribution is 6.39. The predicted molar refractivity (Wildman–Crippen MR) is 106 cm³/mol. The van der Waals surface area contributed by atoms with E-state index >= 15 is 0 Å². The third-order valence-electron chi connectivity index (χ3n) is 3.78. The zero-order valence-electron chi connectivity index (χ0n) is 14.1. The summed E-state index contributed by atoms with van der Waals surface area (Å²) in [6.07, 6.45) is 1.38. The Balaban J connectivity index is 1.77. The van der Waals surface area contributed by atoms with E-state index in [1.54, 1.807) is 30.3 Å². The number of carbonyl (C=O) groups is 1. The lowest BCUT2D eigenvalue weighted by molar-refractivity contribution is -0.117. The van der Waals surface area contributed by atoms with Gasteiger partial charge in [-0.2, -0.15) is 5.26 Å². The molecule has 0 saturated heterocycles. The Morgan fingerprint density at radius 1 is 1.04 bits per heavy atom. The predicted octanol–water partition coefficient (Wildman–Crippen LogP) is 5.48. The lowest BCUT2D eigenvalue weighted by Crippen LogP contribution is -2.23. The summed E-state index contributed by atoms with van der Waals surface area (Å²) in [5, 5.41) is 12.9. The molecule has 1 heterocycles. The van der Waals surface area contributed by atoms with Crippen LogP contribution in [0.1, 0.15) is 11.3 Å². The highest BCUT2D eigenvalue weighted by Gasteiger charge is 2.14. The van der Waals surface area contributed by atoms with E-state index in [4.69, 9.17) is 27.6 Å². The summed E-state index contributed by atoms with van der Waals surface area (Å²) in [6, 6.07) is 19.8. The Labute approximate surface area is 166 Å². The Morgan fingerprint density at radius 3 is 2.41 bits per heavy atom. The van der Waals surface area contributed by atoms with Crippen LogP contribution in [0.4, 0.5) is 0 Å². The summed E-state index contributed by atoms with van der Waals surface area (Å²) in [4.78, 5) is 12.3. The van der Waals surface area contributed by atoms with E-state index in [-0.39, 0.29) is 5.57 Å². The SMILES string of the molecule is N#CC(=Cc1ccc(-c2c(Cl)cccc2Cl)o1)C(=O)NCc1ccccc1. The van der Waals surface area contributed by atoms with Crippen molar-refractivity contribution >= 4 is 35.2 Å². The molecule has 0 unspecified atom stereocenters. The largest absolute Gasteiger partial charge is 0.457 e. The third kappa shape index (κ3) is 4.59. The molecule has 0 fully saturated rings. The van der Waals surface area contributed by atoms with Crippen LogP contribution in [0.15, 0.2) is 70.7 Å². The van der Waals surface area contributed by atoms with Crippen molar-refractivity contribution in [1.82, 2.24) is 5.32 Å². The maximum absolute atomic E-state index is 12.3. The van der Waals surface area contributed by atoms with E-state index in [0.29, 0.717) is 33.7 Å². The van der Waals surface area contributed by atoms with Crippen LogP contribution >= 0.6 is 23.2 Å². The van der Waals surface area contributed by atoms with E-state index in [9.17, 15) is 10.1 Å². The van der Waals surface area contributed by atoms with Crippen molar-refractivity contribution < 1.29 is 9.21 Å². The second-order valence-electron chi connectivity index (χ2n) is 5.64. The second-order valence-corrected chi connectivity index (χ2v) is 6.45. The van der Waals surface area contributed by atoms with E-state index in [1.807, 2.05) is 36.4 Å². The van der Waals surface area contributed by atoms with Gasteiger partial charge >= 0.3 is 0 Å². The van der Waals surface area contributed by atoms with Gasteiger partial charge < -0.3 is 9.73 Å². The van der Waals surface area contributed by atoms with Crippen LogP contribution in [-0.2, 0) is 11.3 Å². The molecule has 3 rings (SSSR count). The van der Waals surface area contributed by atoms with E-state index in [0.717, 1.165) is 5.56 Å². The molecule has 0 aliphatic rings. The molecule has 6 heteroatoms. The molecule has 0 atom stereocenters. The first kappa shape index (κ1) is 18.8. The Morgan fingerprint density at radius 2 is 1.74 bits per heavy atom. The number of nitrogens with zero attached hydrogens (tertiary/aromatic N) is 1. The summed E-state index contributed by atoms with van der Waals surface area (Å²) in [5.41, 5.74) is 1.45. The average Bonchev–Trinajstić information content (AvgIpc) is 3.13. The first-order valence-corrected chi connectivity index (χ1v) is 8.82. The number of hydrogen-bond donors (Lipinski definition) is 1. The van der Waals surface area contributed by atoms with Crippen molar-refractivity contribution in [2.45, 2.75) is 6.54 Å². The fourth-order valence-electron chi connectivity index (χ4n) is 2.46. The lowest BCUT2D eigenvalue weighted by atomic mass is 10.2. The van der Waals surface area contributed by atoms with Gasteiger partial charge in [-0.3, -0.25) is 4.79 Å². The van der Waals surface area contributed by atoms with E-state index in [1.165, 1.54) is 6.08 Å². The lowest BCUT2D eigenvalue weighted by Gasteiger charge is -2.04. The first-order chi connectivity index (χ1) is 13.1. The fourth-order valence-corrected chi connectivity index (χ4v) is 3.05. The Hall–Kier alpha value is -3.00. The maximum atomic E-state index is 12.3. The van der Waals surface area contributed by atoms with Gasteiger partial charge in [0.2, 0.25) is 0 Å². The van der Waals surface area contributed by atoms with Crippen molar-refractivity contribution in [3.05, 3.63) is 87.6 Å². The minimum atomic E-state index is -0.477. The van der Waals surface area contributed by atoms with Gasteiger partial charge in [0.15, 0.2) is 0 Å². The van der Waals surface area contributed by atoms with Gasteiger partial charge in [0.25, 0.3) is 5.91 Å². The third-order valence-corrected chi connectivity index (χ3v) is 4.41. The number of hydrogen-bond acceptors (Lipinski definition) is 3. The quantitative estimate of drug-likeness (QED) is 0.458. The molecule has 0 radical (unpaired) electrons. The smallest absolute Gasteiger partial charge is 0.262 e. The van der Waals surface area contributed by atoms with Crippen LogP contribution in [0.5, 0.6) is 0 Å².